The minimum Gasteiger partial charge on any atom is -0.390 e. The van der Waals surface area contributed by atoms with Gasteiger partial charge in [-0.1, -0.05) is 20.8 Å². The van der Waals surface area contributed by atoms with Gasteiger partial charge in [0.25, 0.3) is 0 Å². The number of likely N-dealkylation sites (tertiary alicyclic amines) is 1. The molecule has 1 aliphatic rings. The molecule has 1 saturated heterocycles. The molecule has 106 valence electrons. The third-order valence-electron chi connectivity index (χ3n) is 3.88. The second kappa shape index (κ2) is 6.78. The normalized spacial score (nSPS) is 29.1. The summed E-state index contributed by atoms with van der Waals surface area (Å²) < 4.78 is 0. The predicted octanol–water partition coefficient (Wildman–Crippen LogP) is 1.11. The van der Waals surface area contributed by atoms with Gasteiger partial charge in [-0.25, -0.2) is 0 Å². The van der Waals surface area contributed by atoms with E-state index in [0.29, 0.717) is 12.5 Å². The quantitative estimate of drug-likeness (QED) is 0.673. The maximum atomic E-state index is 12.0. The molecular formula is C13H26N2O2S. The number of carbonyl (C=O) groups excluding carboxylic acids is 1. The first-order chi connectivity index (χ1) is 8.32. The van der Waals surface area contributed by atoms with Gasteiger partial charge in [-0.15, -0.1) is 0 Å². The van der Waals surface area contributed by atoms with E-state index in [9.17, 15) is 9.90 Å². The molecule has 2 N–H and O–H groups in total. The summed E-state index contributed by atoms with van der Waals surface area (Å²) in [6.45, 7) is 9.43. The Morgan fingerprint density at radius 1 is 1.39 bits per heavy atom. The summed E-state index contributed by atoms with van der Waals surface area (Å²) in [4.78, 5) is 14.1. The average molecular weight is 274 g/mol. The van der Waals surface area contributed by atoms with Crippen molar-refractivity contribution < 1.29 is 9.90 Å². The summed E-state index contributed by atoms with van der Waals surface area (Å²) in [5.74, 6) is 0.347. The number of nitrogens with zero attached hydrogens (tertiary/aromatic N) is 1. The van der Waals surface area contributed by atoms with Crippen molar-refractivity contribution in [1.29, 1.82) is 0 Å². The monoisotopic (exact) mass is 274 g/mol. The van der Waals surface area contributed by atoms with E-state index in [1.807, 2.05) is 27.7 Å². The highest BCUT2D eigenvalue weighted by Crippen LogP contribution is 2.17. The number of thiol groups is 1. The summed E-state index contributed by atoms with van der Waals surface area (Å²) in [7, 11) is 0. The van der Waals surface area contributed by atoms with Crippen LogP contribution in [0.25, 0.3) is 0 Å². The summed E-state index contributed by atoms with van der Waals surface area (Å²) >= 11 is 4.37. The third kappa shape index (κ3) is 4.14. The molecule has 1 rings (SSSR count). The Balaban J connectivity index is 2.47. The van der Waals surface area contributed by atoms with Gasteiger partial charge in [-0.3, -0.25) is 9.69 Å². The molecule has 4 atom stereocenters. The SMILES string of the molecule is CC(C)C(C)C(=O)NC1CCN(C(C)S)CC1O. The van der Waals surface area contributed by atoms with Gasteiger partial charge < -0.3 is 10.4 Å². The zero-order valence-corrected chi connectivity index (χ0v) is 12.7. The lowest BCUT2D eigenvalue weighted by atomic mass is 9.95. The van der Waals surface area contributed by atoms with Crippen LogP contribution in [0.2, 0.25) is 0 Å². The van der Waals surface area contributed by atoms with Crippen molar-refractivity contribution in [3.8, 4) is 0 Å². The van der Waals surface area contributed by atoms with Gasteiger partial charge in [-0.05, 0) is 19.3 Å². The van der Waals surface area contributed by atoms with Gasteiger partial charge in [0.2, 0.25) is 5.91 Å². The first-order valence-corrected chi connectivity index (χ1v) is 7.25. The third-order valence-corrected chi connectivity index (χ3v) is 4.21. The highest BCUT2D eigenvalue weighted by atomic mass is 32.1. The number of rotatable bonds is 4. The van der Waals surface area contributed by atoms with Crippen LogP contribution in [-0.2, 0) is 4.79 Å². The molecule has 0 bridgehead atoms. The minimum absolute atomic E-state index is 0.0148. The first-order valence-electron chi connectivity index (χ1n) is 6.73. The van der Waals surface area contributed by atoms with E-state index in [1.165, 1.54) is 0 Å². The molecule has 0 spiro atoms. The second-order valence-corrected chi connectivity index (χ2v) is 6.38. The van der Waals surface area contributed by atoms with Gasteiger partial charge >= 0.3 is 0 Å². The Morgan fingerprint density at radius 2 is 2.00 bits per heavy atom. The molecule has 0 aromatic carbocycles. The van der Waals surface area contributed by atoms with E-state index in [-0.39, 0.29) is 23.2 Å². The maximum absolute atomic E-state index is 12.0. The summed E-state index contributed by atoms with van der Waals surface area (Å²) in [6.07, 6.45) is 0.277. The molecule has 1 aliphatic heterocycles. The Kier molecular flexibility index (Phi) is 5.95. The van der Waals surface area contributed by atoms with Gasteiger partial charge in [0.05, 0.1) is 12.1 Å². The van der Waals surface area contributed by atoms with Crippen LogP contribution < -0.4 is 5.32 Å². The number of β-amino-alcohol motifs (C(OH)–C–C–N with tert-alkyl or cyclic N) is 1. The molecule has 0 radical (unpaired) electrons. The predicted molar refractivity (Wildman–Crippen MR) is 76.6 cm³/mol. The molecule has 1 amide bonds. The molecule has 0 aliphatic carbocycles. The molecule has 4 unspecified atom stereocenters. The van der Waals surface area contributed by atoms with Gasteiger partial charge in [0.1, 0.15) is 0 Å². The molecule has 5 heteroatoms. The van der Waals surface area contributed by atoms with Crippen molar-refractivity contribution in [2.24, 2.45) is 11.8 Å². The number of nitrogens with one attached hydrogen (secondary N) is 1. The van der Waals surface area contributed by atoms with Crippen molar-refractivity contribution >= 4 is 18.5 Å². The molecule has 1 heterocycles. The largest absolute Gasteiger partial charge is 0.390 e. The fraction of sp³-hybridized carbons (Fsp3) is 0.923. The number of piperidine rings is 1. The lowest BCUT2D eigenvalue weighted by Gasteiger charge is -2.38. The van der Waals surface area contributed by atoms with Crippen LogP contribution in [0.3, 0.4) is 0 Å². The standard InChI is InChI=1S/C13H26N2O2S/c1-8(2)9(3)13(17)14-11-5-6-15(10(4)18)7-12(11)16/h8-12,16,18H,5-7H2,1-4H3,(H,14,17). The Hall–Kier alpha value is -0.260. The van der Waals surface area contributed by atoms with Crippen LogP contribution in [0, 0.1) is 11.8 Å². The highest BCUT2D eigenvalue weighted by Gasteiger charge is 2.31. The van der Waals surface area contributed by atoms with E-state index >= 15 is 0 Å². The van der Waals surface area contributed by atoms with Crippen LogP contribution in [0.1, 0.15) is 34.1 Å². The van der Waals surface area contributed by atoms with E-state index < -0.39 is 6.10 Å². The van der Waals surface area contributed by atoms with E-state index in [1.54, 1.807) is 0 Å². The van der Waals surface area contributed by atoms with Crippen molar-refractivity contribution in [3.63, 3.8) is 0 Å². The number of hydrogen-bond acceptors (Lipinski definition) is 4. The fourth-order valence-corrected chi connectivity index (χ4v) is 2.29. The summed E-state index contributed by atoms with van der Waals surface area (Å²) in [6, 6.07) is -0.123. The molecule has 18 heavy (non-hydrogen) atoms. The maximum Gasteiger partial charge on any atom is 0.223 e. The van der Waals surface area contributed by atoms with Crippen LogP contribution in [0.5, 0.6) is 0 Å². The zero-order chi connectivity index (χ0) is 13.9. The molecule has 0 aromatic rings. The summed E-state index contributed by atoms with van der Waals surface area (Å²) in [5, 5.41) is 13.2. The average Bonchev–Trinajstić information content (AvgIpc) is 2.30. The molecular weight excluding hydrogens is 248 g/mol. The first kappa shape index (κ1) is 15.8. The molecule has 1 fully saturated rings. The van der Waals surface area contributed by atoms with E-state index in [0.717, 1.165) is 13.0 Å². The Morgan fingerprint density at radius 3 is 2.44 bits per heavy atom. The lowest BCUT2D eigenvalue weighted by Crippen LogP contribution is -2.56. The van der Waals surface area contributed by atoms with E-state index in [2.05, 4.69) is 22.8 Å². The van der Waals surface area contributed by atoms with Gasteiger partial charge in [0.15, 0.2) is 0 Å². The van der Waals surface area contributed by atoms with Crippen molar-refractivity contribution in [2.75, 3.05) is 13.1 Å². The van der Waals surface area contributed by atoms with Crippen molar-refractivity contribution in [3.05, 3.63) is 0 Å². The topological polar surface area (TPSA) is 52.6 Å². The Bertz CT molecular complexity index is 284. The number of amides is 1. The van der Waals surface area contributed by atoms with Gasteiger partial charge in [0, 0.05) is 24.4 Å². The van der Waals surface area contributed by atoms with Crippen LogP contribution in [-0.4, -0.2) is 46.5 Å². The second-order valence-electron chi connectivity index (χ2n) is 5.63. The summed E-state index contributed by atoms with van der Waals surface area (Å²) in [5.41, 5.74) is 0. The van der Waals surface area contributed by atoms with Crippen LogP contribution >= 0.6 is 12.6 Å². The minimum atomic E-state index is -0.503. The van der Waals surface area contributed by atoms with Crippen molar-refractivity contribution in [1.82, 2.24) is 10.2 Å². The van der Waals surface area contributed by atoms with E-state index in [4.69, 9.17) is 0 Å². The number of aliphatic hydroxyl groups is 1. The highest BCUT2D eigenvalue weighted by molar-refractivity contribution is 7.80. The number of aliphatic hydroxyl groups excluding tert-OH is 1. The molecule has 4 nitrogen and oxygen atoms in total. The lowest BCUT2D eigenvalue weighted by molar-refractivity contribution is -0.128. The molecule has 0 aromatic heterocycles. The van der Waals surface area contributed by atoms with Crippen LogP contribution in [0.15, 0.2) is 0 Å². The number of hydrogen-bond donors (Lipinski definition) is 3. The molecule has 0 saturated carbocycles. The fourth-order valence-electron chi connectivity index (χ4n) is 2.08. The number of carbonyl (C=O) groups is 1. The van der Waals surface area contributed by atoms with Gasteiger partial charge in [-0.2, -0.15) is 12.6 Å². The van der Waals surface area contributed by atoms with Crippen molar-refractivity contribution in [2.45, 2.75) is 51.6 Å². The zero-order valence-electron chi connectivity index (χ0n) is 11.8. The van der Waals surface area contributed by atoms with Crippen LogP contribution in [0.4, 0.5) is 0 Å². The smallest absolute Gasteiger partial charge is 0.223 e. The Labute approximate surface area is 116 Å².